The molecule has 344 valence electrons. The monoisotopic (exact) mass is 821 g/mol. The van der Waals surface area contributed by atoms with E-state index in [1.165, 1.54) is 186 Å². The maximum atomic E-state index is 12.8. The SMILES string of the molecule is CCCCCCCCCCCCCCCCCC(=O)OC[C@H](COC(=O)CCCCCCCCC)OC(=O)CCCCCCCCCCCCCCCCC(C)CC. The number of carbonyl (C=O) groups is 3. The van der Waals surface area contributed by atoms with Gasteiger partial charge in [0.1, 0.15) is 13.2 Å². The van der Waals surface area contributed by atoms with Crippen LogP contribution in [0.15, 0.2) is 0 Å². The Hall–Kier alpha value is -1.59. The summed E-state index contributed by atoms with van der Waals surface area (Å²) >= 11 is 0. The molecular weight excluding hydrogens is 721 g/mol. The van der Waals surface area contributed by atoms with Gasteiger partial charge in [0.15, 0.2) is 6.10 Å². The van der Waals surface area contributed by atoms with Crippen LogP contribution in [-0.4, -0.2) is 37.2 Å². The molecule has 1 unspecified atom stereocenters. The fourth-order valence-electron chi connectivity index (χ4n) is 7.83. The second-order valence-electron chi connectivity index (χ2n) is 18.1. The number of rotatable bonds is 47. The first kappa shape index (κ1) is 56.4. The molecule has 0 aliphatic carbocycles. The van der Waals surface area contributed by atoms with Crippen molar-refractivity contribution in [1.82, 2.24) is 0 Å². The Morgan fingerprint density at radius 3 is 0.897 bits per heavy atom. The Bertz CT molecular complexity index is 874. The van der Waals surface area contributed by atoms with Crippen LogP contribution < -0.4 is 0 Å². The maximum absolute atomic E-state index is 12.8. The van der Waals surface area contributed by atoms with Crippen LogP contribution in [0.2, 0.25) is 0 Å². The van der Waals surface area contributed by atoms with Crippen molar-refractivity contribution < 1.29 is 28.6 Å². The summed E-state index contributed by atoms with van der Waals surface area (Å²) in [5.41, 5.74) is 0. The Morgan fingerprint density at radius 2 is 0.603 bits per heavy atom. The van der Waals surface area contributed by atoms with Gasteiger partial charge in [-0.2, -0.15) is 0 Å². The van der Waals surface area contributed by atoms with Crippen molar-refractivity contribution in [2.75, 3.05) is 13.2 Å². The molecule has 0 fully saturated rings. The van der Waals surface area contributed by atoms with E-state index < -0.39 is 6.10 Å². The van der Waals surface area contributed by atoms with E-state index in [2.05, 4.69) is 27.7 Å². The van der Waals surface area contributed by atoms with Gasteiger partial charge in [-0.15, -0.1) is 0 Å². The van der Waals surface area contributed by atoms with E-state index in [0.717, 1.165) is 63.7 Å². The van der Waals surface area contributed by atoms with E-state index >= 15 is 0 Å². The predicted molar refractivity (Wildman–Crippen MR) is 247 cm³/mol. The maximum Gasteiger partial charge on any atom is 0.306 e. The topological polar surface area (TPSA) is 78.9 Å². The fourth-order valence-corrected chi connectivity index (χ4v) is 7.83. The molecule has 2 atom stereocenters. The van der Waals surface area contributed by atoms with E-state index in [9.17, 15) is 14.4 Å². The zero-order valence-electron chi connectivity index (χ0n) is 39.5. The van der Waals surface area contributed by atoms with E-state index in [1.807, 2.05) is 0 Å². The van der Waals surface area contributed by atoms with Gasteiger partial charge in [0, 0.05) is 19.3 Å². The van der Waals surface area contributed by atoms with Gasteiger partial charge >= 0.3 is 17.9 Å². The van der Waals surface area contributed by atoms with E-state index in [-0.39, 0.29) is 31.1 Å². The molecule has 0 saturated carbocycles. The van der Waals surface area contributed by atoms with Crippen LogP contribution in [0.3, 0.4) is 0 Å². The summed E-state index contributed by atoms with van der Waals surface area (Å²) in [4.78, 5) is 37.8. The Kier molecular flexibility index (Phi) is 45.2. The van der Waals surface area contributed by atoms with Gasteiger partial charge in [-0.25, -0.2) is 0 Å². The first-order valence-corrected chi connectivity index (χ1v) is 25.9. The standard InChI is InChI=1S/C52H100O6/c1-5-8-10-12-14-15-16-17-18-22-25-28-32-36-40-44-51(54)57-47-49(46-56-50(53)43-39-35-30-13-11-9-6-2)58-52(55)45-41-37-33-29-26-23-20-19-21-24-27-31-34-38-42-48(4)7-3/h48-49H,5-47H2,1-4H3/t48?,49-/m0/s1. The van der Waals surface area contributed by atoms with E-state index in [1.54, 1.807) is 0 Å². The summed E-state index contributed by atoms with van der Waals surface area (Å²) in [6.07, 6.45) is 48.1. The van der Waals surface area contributed by atoms with Crippen molar-refractivity contribution in [1.29, 1.82) is 0 Å². The van der Waals surface area contributed by atoms with Crippen molar-refractivity contribution in [2.45, 2.75) is 297 Å². The molecular formula is C52H100O6. The summed E-state index contributed by atoms with van der Waals surface area (Å²) in [6, 6.07) is 0. The van der Waals surface area contributed by atoms with Crippen molar-refractivity contribution in [3.05, 3.63) is 0 Å². The highest BCUT2D eigenvalue weighted by Gasteiger charge is 2.19. The molecule has 0 spiro atoms. The van der Waals surface area contributed by atoms with Crippen LogP contribution >= 0.6 is 0 Å². The number of unbranched alkanes of at least 4 members (excludes halogenated alkanes) is 33. The summed E-state index contributed by atoms with van der Waals surface area (Å²) in [5, 5.41) is 0. The van der Waals surface area contributed by atoms with Crippen LogP contribution in [0.4, 0.5) is 0 Å². The quantitative estimate of drug-likeness (QED) is 0.0346. The van der Waals surface area contributed by atoms with Crippen molar-refractivity contribution >= 4 is 17.9 Å². The van der Waals surface area contributed by atoms with Gasteiger partial charge in [0.05, 0.1) is 0 Å². The van der Waals surface area contributed by atoms with E-state index in [4.69, 9.17) is 14.2 Å². The molecule has 58 heavy (non-hydrogen) atoms. The molecule has 6 heteroatoms. The molecule has 0 amide bonds. The molecule has 0 aliphatic rings. The van der Waals surface area contributed by atoms with Crippen LogP contribution in [0.5, 0.6) is 0 Å². The first-order chi connectivity index (χ1) is 28.4. The molecule has 0 radical (unpaired) electrons. The van der Waals surface area contributed by atoms with Crippen LogP contribution in [0, 0.1) is 5.92 Å². The number of ether oxygens (including phenoxy) is 3. The average Bonchev–Trinajstić information content (AvgIpc) is 3.22. The van der Waals surface area contributed by atoms with Crippen molar-refractivity contribution in [3.63, 3.8) is 0 Å². The molecule has 0 aliphatic heterocycles. The lowest BCUT2D eigenvalue weighted by Crippen LogP contribution is -2.30. The van der Waals surface area contributed by atoms with Crippen molar-refractivity contribution in [2.24, 2.45) is 5.92 Å². The molecule has 0 heterocycles. The second-order valence-corrected chi connectivity index (χ2v) is 18.1. The van der Waals surface area contributed by atoms with E-state index in [0.29, 0.717) is 19.3 Å². The third-order valence-corrected chi connectivity index (χ3v) is 12.2. The molecule has 0 aromatic rings. The van der Waals surface area contributed by atoms with Gasteiger partial charge in [-0.3, -0.25) is 14.4 Å². The lowest BCUT2D eigenvalue weighted by Gasteiger charge is -2.18. The average molecular weight is 821 g/mol. The van der Waals surface area contributed by atoms with Crippen molar-refractivity contribution in [3.8, 4) is 0 Å². The third kappa shape index (κ3) is 44.0. The second kappa shape index (κ2) is 46.5. The minimum atomic E-state index is -0.759. The summed E-state index contributed by atoms with van der Waals surface area (Å²) < 4.78 is 16.7. The number of carbonyl (C=O) groups excluding carboxylic acids is 3. The minimum Gasteiger partial charge on any atom is -0.462 e. The number of esters is 3. The first-order valence-electron chi connectivity index (χ1n) is 25.9. The predicted octanol–water partition coefficient (Wildman–Crippen LogP) is 16.7. The molecule has 6 nitrogen and oxygen atoms in total. The molecule has 0 N–H and O–H groups in total. The Labute approximate surface area is 361 Å². The zero-order valence-corrected chi connectivity index (χ0v) is 39.5. The van der Waals surface area contributed by atoms with Gasteiger partial charge in [0.25, 0.3) is 0 Å². The summed E-state index contributed by atoms with van der Waals surface area (Å²) in [7, 11) is 0. The molecule has 0 aromatic heterocycles. The van der Waals surface area contributed by atoms with Crippen LogP contribution in [-0.2, 0) is 28.6 Å². The normalized spacial score (nSPS) is 12.4. The molecule has 0 rings (SSSR count). The smallest absolute Gasteiger partial charge is 0.306 e. The Morgan fingerprint density at radius 1 is 0.345 bits per heavy atom. The molecule has 0 saturated heterocycles. The molecule has 0 aromatic carbocycles. The lowest BCUT2D eigenvalue weighted by atomic mass is 9.99. The summed E-state index contributed by atoms with van der Waals surface area (Å²) in [5.74, 6) is 0.0436. The number of hydrogen-bond donors (Lipinski definition) is 0. The van der Waals surface area contributed by atoms with Crippen LogP contribution in [0.25, 0.3) is 0 Å². The number of hydrogen-bond acceptors (Lipinski definition) is 6. The highest BCUT2D eigenvalue weighted by Crippen LogP contribution is 2.18. The van der Waals surface area contributed by atoms with Gasteiger partial charge in [0.2, 0.25) is 0 Å². The van der Waals surface area contributed by atoms with Gasteiger partial charge in [-0.1, -0.05) is 252 Å². The highest BCUT2D eigenvalue weighted by atomic mass is 16.6. The highest BCUT2D eigenvalue weighted by molar-refractivity contribution is 5.71. The summed E-state index contributed by atoms with van der Waals surface area (Å²) in [6.45, 7) is 9.03. The largest absolute Gasteiger partial charge is 0.462 e. The Balaban J connectivity index is 4.20. The minimum absolute atomic E-state index is 0.0631. The van der Waals surface area contributed by atoms with Gasteiger partial charge < -0.3 is 14.2 Å². The van der Waals surface area contributed by atoms with Crippen LogP contribution in [0.1, 0.15) is 291 Å². The third-order valence-electron chi connectivity index (χ3n) is 12.2. The lowest BCUT2D eigenvalue weighted by molar-refractivity contribution is -0.167. The van der Waals surface area contributed by atoms with Gasteiger partial charge in [-0.05, 0) is 25.2 Å². The fraction of sp³-hybridized carbons (Fsp3) is 0.942. The zero-order chi connectivity index (χ0) is 42.4. The molecule has 0 bridgehead atoms.